The molecule has 0 spiro atoms. The molecular weight excluding hydrogens is 415 g/mol. The van der Waals surface area contributed by atoms with Gasteiger partial charge in [0.25, 0.3) is 0 Å². The number of rotatable bonds is 3. The Morgan fingerprint density at radius 2 is 1.95 bits per heavy atom. The van der Waals surface area contributed by atoms with Crippen LogP contribution in [0.1, 0.15) is 12.8 Å². The zero-order valence-corrected chi connectivity index (χ0v) is 14.7. The number of halogens is 1. The Kier molecular flexibility index (Phi) is 4.33. The third kappa shape index (κ3) is 2.95. The Morgan fingerprint density at radius 1 is 1.23 bits per heavy atom. The lowest BCUT2D eigenvalue weighted by Crippen LogP contribution is -2.27. The van der Waals surface area contributed by atoms with Crippen LogP contribution in [0, 0.1) is 3.70 Å². The number of hydrogen-bond donors (Lipinski definition) is 1. The summed E-state index contributed by atoms with van der Waals surface area (Å²) in [6, 6.07) is 6.80. The van der Waals surface area contributed by atoms with Gasteiger partial charge in [-0.2, -0.15) is 4.31 Å². The third-order valence-corrected chi connectivity index (χ3v) is 6.28. The number of anilines is 1. The first-order valence-electron chi connectivity index (χ1n) is 6.87. The quantitative estimate of drug-likeness (QED) is 0.754. The SMILES string of the molecule is Nc1ncc(-c2cccc(S(=O)(=O)N3CCCC3)c2)nc1I. The summed E-state index contributed by atoms with van der Waals surface area (Å²) in [7, 11) is -3.43. The van der Waals surface area contributed by atoms with Crippen molar-refractivity contribution in [2.75, 3.05) is 18.8 Å². The number of benzene rings is 1. The molecule has 22 heavy (non-hydrogen) atoms. The molecule has 2 aromatic rings. The lowest BCUT2D eigenvalue weighted by molar-refractivity contribution is 0.477. The molecule has 0 amide bonds. The highest BCUT2D eigenvalue weighted by molar-refractivity contribution is 14.1. The summed E-state index contributed by atoms with van der Waals surface area (Å²) in [5.74, 6) is 0.366. The summed E-state index contributed by atoms with van der Waals surface area (Å²) in [5, 5.41) is 0. The van der Waals surface area contributed by atoms with Gasteiger partial charge < -0.3 is 5.73 Å². The normalized spacial score (nSPS) is 16.0. The molecule has 6 nitrogen and oxygen atoms in total. The first kappa shape index (κ1) is 15.6. The minimum absolute atomic E-state index is 0.292. The maximum atomic E-state index is 12.6. The van der Waals surface area contributed by atoms with E-state index >= 15 is 0 Å². The summed E-state index contributed by atoms with van der Waals surface area (Å²) in [6.45, 7) is 1.18. The molecule has 0 bridgehead atoms. The molecule has 1 fully saturated rings. The lowest BCUT2D eigenvalue weighted by Gasteiger charge is -2.16. The van der Waals surface area contributed by atoms with Crippen LogP contribution in [0.3, 0.4) is 0 Å². The predicted octanol–water partition coefficient (Wildman–Crippen LogP) is 2.11. The summed E-state index contributed by atoms with van der Waals surface area (Å²) < 4.78 is 27.3. The first-order chi connectivity index (χ1) is 10.5. The number of nitrogen functional groups attached to an aromatic ring is 1. The van der Waals surface area contributed by atoms with E-state index in [-0.39, 0.29) is 0 Å². The van der Waals surface area contributed by atoms with Crippen molar-refractivity contribution < 1.29 is 8.42 Å². The number of nitrogens with zero attached hydrogens (tertiary/aromatic N) is 3. The summed E-state index contributed by atoms with van der Waals surface area (Å²) in [6.07, 6.45) is 3.39. The molecule has 1 aliphatic heterocycles. The minimum Gasteiger partial charge on any atom is -0.382 e. The Labute approximate surface area is 143 Å². The molecule has 1 aromatic carbocycles. The average Bonchev–Trinajstić information content (AvgIpc) is 3.05. The highest BCUT2D eigenvalue weighted by Gasteiger charge is 2.27. The maximum absolute atomic E-state index is 12.6. The van der Waals surface area contributed by atoms with Crippen LogP contribution < -0.4 is 5.73 Å². The monoisotopic (exact) mass is 430 g/mol. The molecule has 3 rings (SSSR count). The van der Waals surface area contributed by atoms with E-state index in [9.17, 15) is 8.42 Å². The first-order valence-corrected chi connectivity index (χ1v) is 9.39. The fourth-order valence-corrected chi connectivity index (χ4v) is 4.37. The number of aromatic nitrogens is 2. The van der Waals surface area contributed by atoms with Crippen LogP contribution in [0.25, 0.3) is 11.3 Å². The highest BCUT2D eigenvalue weighted by atomic mass is 127. The van der Waals surface area contributed by atoms with Gasteiger partial charge in [-0.15, -0.1) is 0 Å². The van der Waals surface area contributed by atoms with Crippen LogP contribution in [0.4, 0.5) is 5.82 Å². The van der Waals surface area contributed by atoms with Gasteiger partial charge >= 0.3 is 0 Å². The fraction of sp³-hybridized carbons (Fsp3) is 0.286. The molecule has 0 atom stereocenters. The average molecular weight is 430 g/mol. The van der Waals surface area contributed by atoms with Gasteiger partial charge in [-0.05, 0) is 47.6 Å². The number of nitrogens with two attached hydrogens (primary N) is 1. The number of hydrogen-bond acceptors (Lipinski definition) is 5. The van der Waals surface area contributed by atoms with Crippen molar-refractivity contribution in [3.63, 3.8) is 0 Å². The van der Waals surface area contributed by atoms with Crippen LogP contribution in [0.5, 0.6) is 0 Å². The van der Waals surface area contributed by atoms with Crippen molar-refractivity contribution in [1.82, 2.24) is 14.3 Å². The Morgan fingerprint density at radius 3 is 2.64 bits per heavy atom. The van der Waals surface area contributed by atoms with Crippen molar-refractivity contribution in [1.29, 1.82) is 0 Å². The van der Waals surface area contributed by atoms with Gasteiger partial charge in [0.2, 0.25) is 10.0 Å². The largest absolute Gasteiger partial charge is 0.382 e. The third-order valence-electron chi connectivity index (χ3n) is 3.59. The second-order valence-corrected chi connectivity index (χ2v) is 8.03. The Bertz CT molecular complexity index is 804. The lowest BCUT2D eigenvalue weighted by atomic mass is 10.2. The van der Waals surface area contributed by atoms with Crippen LogP contribution in [-0.4, -0.2) is 35.8 Å². The maximum Gasteiger partial charge on any atom is 0.243 e. The molecule has 1 aromatic heterocycles. The molecule has 0 aliphatic carbocycles. The summed E-state index contributed by atoms with van der Waals surface area (Å²) >= 11 is 2.01. The highest BCUT2D eigenvalue weighted by Crippen LogP contribution is 2.25. The molecule has 116 valence electrons. The van der Waals surface area contributed by atoms with E-state index in [2.05, 4.69) is 9.97 Å². The second-order valence-electron chi connectivity index (χ2n) is 5.07. The minimum atomic E-state index is -3.43. The van der Waals surface area contributed by atoms with Crippen LogP contribution in [-0.2, 0) is 10.0 Å². The van der Waals surface area contributed by atoms with Crippen molar-refractivity contribution in [2.45, 2.75) is 17.7 Å². The van der Waals surface area contributed by atoms with E-state index in [0.29, 0.717) is 38.8 Å². The van der Waals surface area contributed by atoms with E-state index in [1.54, 1.807) is 24.4 Å². The smallest absolute Gasteiger partial charge is 0.243 e. The molecule has 8 heteroatoms. The molecular formula is C14H15IN4O2S. The van der Waals surface area contributed by atoms with Gasteiger partial charge in [-0.3, -0.25) is 0 Å². The fourth-order valence-electron chi connectivity index (χ4n) is 2.41. The number of sulfonamides is 1. The molecule has 0 saturated carbocycles. The topological polar surface area (TPSA) is 89.2 Å². The van der Waals surface area contributed by atoms with Crippen molar-refractivity contribution in [3.8, 4) is 11.3 Å². The second kappa shape index (κ2) is 6.09. The molecule has 1 saturated heterocycles. The Balaban J connectivity index is 2.00. The van der Waals surface area contributed by atoms with E-state index in [4.69, 9.17) is 5.73 Å². The summed E-state index contributed by atoms with van der Waals surface area (Å²) in [5.41, 5.74) is 6.99. The van der Waals surface area contributed by atoms with Gasteiger partial charge in [-0.1, -0.05) is 12.1 Å². The van der Waals surface area contributed by atoms with Gasteiger partial charge in [0.15, 0.2) is 5.82 Å². The molecule has 0 radical (unpaired) electrons. The van der Waals surface area contributed by atoms with E-state index in [0.717, 1.165) is 12.8 Å². The molecule has 2 heterocycles. The van der Waals surface area contributed by atoms with Crippen LogP contribution in [0.2, 0.25) is 0 Å². The summed E-state index contributed by atoms with van der Waals surface area (Å²) in [4.78, 5) is 8.72. The van der Waals surface area contributed by atoms with E-state index in [1.165, 1.54) is 4.31 Å². The zero-order valence-electron chi connectivity index (χ0n) is 11.7. The van der Waals surface area contributed by atoms with Gasteiger partial charge in [0, 0.05) is 18.7 Å². The van der Waals surface area contributed by atoms with Gasteiger partial charge in [0.05, 0.1) is 16.8 Å². The Hall–Kier alpha value is -1.26. The van der Waals surface area contributed by atoms with Crippen LogP contribution >= 0.6 is 22.6 Å². The molecule has 2 N–H and O–H groups in total. The molecule has 1 aliphatic rings. The zero-order chi connectivity index (χ0) is 15.7. The van der Waals surface area contributed by atoms with Crippen molar-refractivity contribution in [2.24, 2.45) is 0 Å². The predicted molar refractivity (Wildman–Crippen MR) is 92.6 cm³/mol. The van der Waals surface area contributed by atoms with Crippen molar-refractivity contribution >= 4 is 38.4 Å². The molecule has 0 unspecified atom stereocenters. The van der Waals surface area contributed by atoms with E-state index < -0.39 is 10.0 Å². The van der Waals surface area contributed by atoms with E-state index in [1.807, 2.05) is 28.7 Å². The van der Waals surface area contributed by atoms with Crippen LogP contribution in [0.15, 0.2) is 35.4 Å². The standard InChI is InChI=1S/C14H15IN4O2S/c15-13-14(16)17-9-12(18-13)10-4-3-5-11(8-10)22(20,21)19-6-1-2-7-19/h3-5,8-9H,1-2,6-7H2,(H2,16,17). The van der Waals surface area contributed by atoms with Gasteiger partial charge in [-0.25, -0.2) is 18.4 Å². The van der Waals surface area contributed by atoms with Gasteiger partial charge in [0.1, 0.15) is 3.70 Å². The van der Waals surface area contributed by atoms with Crippen molar-refractivity contribution in [3.05, 3.63) is 34.2 Å².